The molecule has 1 heterocycles. The molecule has 0 spiro atoms. The number of benzene rings is 1. The lowest BCUT2D eigenvalue weighted by Gasteiger charge is -2.03. The molecule has 0 saturated heterocycles. The van der Waals surface area contributed by atoms with Gasteiger partial charge in [-0.1, -0.05) is 23.4 Å². The molecular weight excluding hydrogens is 303 g/mol. The zero-order chi connectivity index (χ0) is 16.7. The number of rotatable bonds is 7. The monoisotopic (exact) mass is 320 g/mol. The Morgan fingerprint density at radius 2 is 2.13 bits per heavy atom. The fourth-order valence-electron chi connectivity index (χ4n) is 1.93. The third kappa shape index (κ3) is 5.17. The lowest BCUT2D eigenvalue weighted by Crippen LogP contribution is -2.14. The van der Waals surface area contributed by atoms with Crippen LogP contribution in [-0.4, -0.2) is 33.5 Å². The van der Waals surface area contributed by atoms with Gasteiger partial charge in [-0.2, -0.15) is 0 Å². The Hall–Kier alpha value is -2.77. The summed E-state index contributed by atoms with van der Waals surface area (Å²) in [5, 5.41) is 10.0. The highest BCUT2D eigenvalue weighted by molar-refractivity contribution is 5.89. The van der Waals surface area contributed by atoms with Gasteiger partial charge in [0.1, 0.15) is 12.4 Å². The smallest absolute Gasteiger partial charge is 0.327 e. The van der Waals surface area contributed by atoms with Crippen molar-refractivity contribution in [2.45, 2.75) is 26.3 Å². The molecule has 1 N–H and O–H groups in total. The number of nitrogens with one attached hydrogen (secondary N) is 1. The van der Waals surface area contributed by atoms with Crippen LogP contribution in [0.25, 0.3) is 0 Å². The Labute approximate surface area is 132 Å². The molecule has 0 bridgehead atoms. The number of halogens is 1. The number of hydrogen-bond acceptors (Lipinski definition) is 5. The number of aryl methyl sites for hydroxylation is 1. The molecule has 0 atom stereocenters. The van der Waals surface area contributed by atoms with Gasteiger partial charge in [-0.15, -0.1) is 5.10 Å². The molecule has 1 amide bonds. The summed E-state index contributed by atoms with van der Waals surface area (Å²) in [5.74, 6) is -0.847. The highest BCUT2D eigenvalue weighted by atomic mass is 19.1. The first-order valence-corrected chi connectivity index (χ1v) is 7.17. The molecule has 1 aromatic heterocycles. The maximum Gasteiger partial charge on any atom is 0.327 e. The molecule has 0 aliphatic rings. The summed E-state index contributed by atoms with van der Waals surface area (Å²) in [4.78, 5) is 23.1. The third-order valence-electron chi connectivity index (χ3n) is 2.98. The van der Waals surface area contributed by atoms with Gasteiger partial charge in [0.15, 0.2) is 5.82 Å². The number of carbonyl (C=O) groups is 2. The molecule has 0 unspecified atom stereocenters. The van der Waals surface area contributed by atoms with E-state index < -0.39 is 5.97 Å². The Balaban J connectivity index is 1.82. The second kappa shape index (κ2) is 8.02. The molecule has 8 heteroatoms. The van der Waals surface area contributed by atoms with Crippen molar-refractivity contribution in [1.82, 2.24) is 15.0 Å². The van der Waals surface area contributed by atoms with E-state index >= 15 is 0 Å². The molecule has 0 fully saturated rings. The van der Waals surface area contributed by atoms with E-state index in [0.29, 0.717) is 5.56 Å². The summed E-state index contributed by atoms with van der Waals surface area (Å²) in [5.41, 5.74) is 0.480. The Morgan fingerprint density at radius 3 is 2.87 bits per heavy atom. The number of nitrogens with zero attached hydrogens (tertiary/aromatic N) is 3. The zero-order valence-electron chi connectivity index (χ0n) is 12.7. The number of amides is 1. The predicted molar refractivity (Wildman–Crippen MR) is 80.0 cm³/mol. The maximum absolute atomic E-state index is 13.5. The fourth-order valence-corrected chi connectivity index (χ4v) is 1.93. The lowest BCUT2D eigenvalue weighted by molar-refractivity contribution is -0.144. The normalized spacial score (nSPS) is 10.3. The van der Waals surface area contributed by atoms with Gasteiger partial charge < -0.3 is 10.1 Å². The SMILES string of the molecule is CCOC(=O)Cn1cc(NC(=O)CCc2ccccc2F)nn1. The van der Waals surface area contributed by atoms with Crippen LogP contribution in [0.2, 0.25) is 0 Å². The lowest BCUT2D eigenvalue weighted by atomic mass is 10.1. The molecule has 0 aliphatic carbocycles. The van der Waals surface area contributed by atoms with Gasteiger partial charge in [0.25, 0.3) is 0 Å². The van der Waals surface area contributed by atoms with Gasteiger partial charge >= 0.3 is 5.97 Å². The van der Waals surface area contributed by atoms with Crippen LogP contribution in [0.5, 0.6) is 0 Å². The maximum atomic E-state index is 13.5. The number of ether oxygens (including phenoxy) is 1. The largest absolute Gasteiger partial charge is 0.465 e. The Morgan fingerprint density at radius 1 is 1.35 bits per heavy atom. The van der Waals surface area contributed by atoms with Crippen LogP contribution in [0, 0.1) is 5.82 Å². The van der Waals surface area contributed by atoms with Crippen molar-refractivity contribution in [2.75, 3.05) is 11.9 Å². The van der Waals surface area contributed by atoms with E-state index in [4.69, 9.17) is 4.74 Å². The van der Waals surface area contributed by atoms with Crippen LogP contribution in [0.1, 0.15) is 18.9 Å². The summed E-state index contributed by atoms with van der Waals surface area (Å²) in [7, 11) is 0. The highest BCUT2D eigenvalue weighted by Gasteiger charge is 2.10. The van der Waals surface area contributed by atoms with Crippen LogP contribution in [0.3, 0.4) is 0 Å². The van der Waals surface area contributed by atoms with E-state index in [1.807, 2.05) is 0 Å². The summed E-state index contributed by atoms with van der Waals surface area (Å²) in [6.45, 7) is 1.92. The van der Waals surface area contributed by atoms with Crippen molar-refractivity contribution in [2.24, 2.45) is 0 Å². The zero-order valence-corrected chi connectivity index (χ0v) is 12.7. The van der Waals surface area contributed by atoms with Crippen molar-refractivity contribution < 1.29 is 18.7 Å². The first-order chi connectivity index (χ1) is 11.1. The van der Waals surface area contributed by atoms with E-state index in [1.54, 1.807) is 25.1 Å². The quantitative estimate of drug-likeness (QED) is 0.782. The molecule has 2 aromatic rings. The van der Waals surface area contributed by atoms with Gasteiger partial charge in [0, 0.05) is 6.42 Å². The van der Waals surface area contributed by atoms with Crippen LogP contribution in [0.4, 0.5) is 10.2 Å². The minimum absolute atomic E-state index is 0.0774. The Bertz CT molecular complexity index is 687. The van der Waals surface area contributed by atoms with Crippen LogP contribution in [0.15, 0.2) is 30.5 Å². The third-order valence-corrected chi connectivity index (χ3v) is 2.98. The second-order valence-corrected chi connectivity index (χ2v) is 4.75. The van der Waals surface area contributed by atoms with Gasteiger partial charge in [0.2, 0.25) is 5.91 Å². The van der Waals surface area contributed by atoms with Crippen molar-refractivity contribution >= 4 is 17.7 Å². The number of hydrogen-bond donors (Lipinski definition) is 1. The topological polar surface area (TPSA) is 86.1 Å². The number of carbonyl (C=O) groups excluding carboxylic acids is 2. The summed E-state index contributed by atoms with van der Waals surface area (Å²) in [6, 6.07) is 6.31. The van der Waals surface area contributed by atoms with Gasteiger partial charge in [-0.3, -0.25) is 9.59 Å². The van der Waals surface area contributed by atoms with Crippen LogP contribution in [-0.2, 0) is 27.3 Å². The van der Waals surface area contributed by atoms with E-state index in [9.17, 15) is 14.0 Å². The molecule has 0 aliphatic heterocycles. The van der Waals surface area contributed by atoms with E-state index in [2.05, 4.69) is 15.6 Å². The van der Waals surface area contributed by atoms with E-state index in [-0.39, 0.29) is 43.5 Å². The molecule has 1 aromatic carbocycles. The molecular formula is C15H17FN4O3. The summed E-state index contributed by atoms with van der Waals surface area (Å²) in [6.07, 6.45) is 1.83. The Kier molecular flexibility index (Phi) is 5.79. The first kappa shape index (κ1) is 16.6. The molecule has 2 rings (SSSR count). The van der Waals surface area contributed by atoms with Crippen molar-refractivity contribution in [3.05, 3.63) is 41.8 Å². The molecule has 23 heavy (non-hydrogen) atoms. The minimum atomic E-state index is -0.435. The molecule has 122 valence electrons. The first-order valence-electron chi connectivity index (χ1n) is 7.17. The second-order valence-electron chi connectivity index (χ2n) is 4.75. The summed E-state index contributed by atoms with van der Waals surface area (Å²) >= 11 is 0. The van der Waals surface area contributed by atoms with Crippen LogP contribution < -0.4 is 5.32 Å². The average molecular weight is 320 g/mol. The van der Waals surface area contributed by atoms with Gasteiger partial charge in [-0.05, 0) is 25.0 Å². The molecule has 0 radical (unpaired) electrons. The van der Waals surface area contributed by atoms with Gasteiger partial charge in [-0.25, -0.2) is 9.07 Å². The number of esters is 1. The highest BCUT2D eigenvalue weighted by Crippen LogP contribution is 2.10. The van der Waals surface area contributed by atoms with Crippen molar-refractivity contribution in [3.63, 3.8) is 0 Å². The van der Waals surface area contributed by atoms with Crippen molar-refractivity contribution in [1.29, 1.82) is 0 Å². The fraction of sp³-hybridized carbons (Fsp3) is 0.333. The minimum Gasteiger partial charge on any atom is -0.465 e. The standard InChI is InChI=1S/C15H17FN4O3/c1-2-23-15(22)10-20-9-13(18-19-20)17-14(21)8-7-11-5-3-4-6-12(11)16/h3-6,9H,2,7-8,10H2,1H3,(H,17,21). The average Bonchev–Trinajstić information content (AvgIpc) is 2.93. The molecule has 7 nitrogen and oxygen atoms in total. The van der Waals surface area contributed by atoms with E-state index in [1.165, 1.54) is 16.9 Å². The van der Waals surface area contributed by atoms with Crippen molar-refractivity contribution in [3.8, 4) is 0 Å². The van der Waals surface area contributed by atoms with Crippen LogP contribution >= 0.6 is 0 Å². The number of anilines is 1. The van der Waals surface area contributed by atoms with Gasteiger partial charge in [0.05, 0.1) is 12.8 Å². The summed E-state index contributed by atoms with van der Waals surface area (Å²) < 4.78 is 19.5. The number of aromatic nitrogens is 3. The predicted octanol–water partition coefficient (Wildman–Crippen LogP) is 1.55. The van der Waals surface area contributed by atoms with E-state index in [0.717, 1.165) is 0 Å². The molecule has 0 saturated carbocycles.